The van der Waals surface area contributed by atoms with E-state index in [1.54, 1.807) is 0 Å². The van der Waals surface area contributed by atoms with Gasteiger partial charge in [-0.2, -0.15) is 13.2 Å². The van der Waals surface area contributed by atoms with Crippen molar-refractivity contribution in [3.63, 3.8) is 0 Å². The van der Waals surface area contributed by atoms with E-state index < -0.39 is 11.9 Å². The van der Waals surface area contributed by atoms with E-state index in [1.165, 1.54) is 0 Å². The minimum atomic E-state index is -4.38. The van der Waals surface area contributed by atoms with Gasteiger partial charge in [0, 0.05) is 38.0 Å². The van der Waals surface area contributed by atoms with E-state index in [0.717, 1.165) is 48.9 Å². The molecule has 2 aliphatic rings. The molecule has 0 N–H and O–H groups in total. The lowest BCUT2D eigenvalue weighted by molar-refractivity contribution is -0.140. The summed E-state index contributed by atoms with van der Waals surface area (Å²) >= 11 is 1.05. The van der Waals surface area contributed by atoms with Gasteiger partial charge in [0.1, 0.15) is 0 Å². The largest absolute Gasteiger partial charge is 0.434 e. The molecular weight excluding hydrogens is 327 g/mol. The Morgan fingerprint density at radius 2 is 2.00 bits per heavy atom. The topological polar surface area (TPSA) is 36.4 Å². The molecule has 0 radical (unpaired) electrons. The van der Waals surface area contributed by atoms with Crippen LogP contribution >= 0.6 is 11.3 Å². The molecule has 1 aliphatic heterocycles. The van der Waals surface area contributed by atoms with Crippen LogP contribution < -0.4 is 4.90 Å². The highest BCUT2D eigenvalue weighted by molar-refractivity contribution is 7.13. The Morgan fingerprint density at radius 3 is 2.52 bits per heavy atom. The molecule has 0 bridgehead atoms. The molecule has 0 spiro atoms. The van der Waals surface area contributed by atoms with Crippen LogP contribution in [0.4, 0.5) is 18.3 Å². The number of amides is 1. The molecule has 2 heterocycles. The van der Waals surface area contributed by atoms with Crippen LogP contribution in [-0.4, -0.2) is 42.5 Å². The van der Waals surface area contributed by atoms with Gasteiger partial charge in [-0.25, -0.2) is 4.98 Å². The summed E-state index contributed by atoms with van der Waals surface area (Å²) in [6.07, 6.45) is -0.605. The van der Waals surface area contributed by atoms with E-state index in [0.29, 0.717) is 24.1 Å². The van der Waals surface area contributed by atoms with Crippen molar-refractivity contribution in [1.82, 2.24) is 9.88 Å². The maximum atomic E-state index is 12.6. The molecule has 128 valence electrons. The molecule has 23 heavy (non-hydrogen) atoms. The molecule has 2 fully saturated rings. The van der Waals surface area contributed by atoms with Crippen LogP contribution in [0.1, 0.15) is 31.4 Å². The first-order valence-electron chi connectivity index (χ1n) is 7.87. The van der Waals surface area contributed by atoms with Crippen molar-refractivity contribution in [3.8, 4) is 0 Å². The zero-order chi connectivity index (χ0) is 16.6. The zero-order valence-corrected chi connectivity index (χ0v) is 13.8. The van der Waals surface area contributed by atoms with Crippen LogP contribution in [0.2, 0.25) is 0 Å². The number of halogens is 3. The first-order chi connectivity index (χ1) is 10.8. The molecule has 1 aliphatic carbocycles. The van der Waals surface area contributed by atoms with E-state index in [9.17, 15) is 18.0 Å². The van der Waals surface area contributed by atoms with Crippen molar-refractivity contribution in [2.24, 2.45) is 11.8 Å². The number of carbonyl (C=O) groups excluding carboxylic acids is 1. The quantitative estimate of drug-likeness (QED) is 0.839. The van der Waals surface area contributed by atoms with Crippen molar-refractivity contribution in [3.05, 3.63) is 11.1 Å². The Kier molecular flexibility index (Phi) is 4.53. The van der Waals surface area contributed by atoms with E-state index >= 15 is 0 Å². The highest BCUT2D eigenvalue weighted by atomic mass is 32.1. The standard InChI is InChI=1S/C15H20F3N3OS/c1-20(13(22)11-2-3-11)8-10-4-6-21(7-5-10)14-19-12(9-23-14)15(16,17)18/h9-11H,2-8H2,1H3. The predicted octanol–water partition coefficient (Wildman–Crippen LogP) is 3.25. The van der Waals surface area contributed by atoms with Gasteiger partial charge in [-0.05, 0) is 31.6 Å². The zero-order valence-electron chi connectivity index (χ0n) is 13.0. The number of hydrogen-bond acceptors (Lipinski definition) is 4. The van der Waals surface area contributed by atoms with Crippen LogP contribution in [0.25, 0.3) is 0 Å². The summed E-state index contributed by atoms with van der Waals surface area (Å²) in [5.41, 5.74) is -0.811. The second kappa shape index (κ2) is 6.30. The molecule has 1 aromatic heterocycles. The van der Waals surface area contributed by atoms with Crippen LogP contribution in [0, 0.1) is 11.8 Å². The number of alkyl halides is 3. The molecule has 3 rings (SSSR count). The van der Waals surface area contributed by atoms with Gasteiger partial charge in [-0.1, -0.05) is 0 Å². The van der Waals surface area contributed by atoms with E-state index in [2.05, 4.69) is 4.98 Å². The lowest BCUT2D eigenvalue weighted by Crippen LogP contribution is -2.39. The predicted molar refractivity (Wildman–Crippen MR) is 82.4 cm³/mol. The van der Waals surface area contributed by atoms with Crippen molar-refractivity contribution >= 4 is 22.4 Å². The molecule has 0 aromatic carbocycles. The molecule has 1 saturated heterocycles. The summed E-state index contributed by atoms with van der Waals surface area (Å²) in [5.74, 6) is 0.888. The highest BCUT2D eigenvalue weighted by Crippen LogP contribution is 2.35. The van der Waals surface area contributed by atoms with Crippen molar-refractivity contribution in [2.75, 3.05) is 31.6 Å². The highest BCUT2D eigenvalue weighted by Gasteiger charge is 2.35. The van der Waals surface area contributed by atoms with Crippen LogP contribution in [0.5, 0.6) is 0 Å². The third-order valence-corrected chi connectivity index (χ3v) is 5.40. The van der Waals surface area contributed by atoms with E-state index in [4.69, 9.17) is 0 Å². The maximum absolute atomic E-state index is 12.6. The maximum Gasteiger partial charge on any atom is 0.434 e. The smallest absolute Gasteiger partial charge is 0.348 e. The van der Waals surface area contributed by atoms with Gasteiger partial charge < -0.3 is 9.80 Å². The summed E-state index contributed by atoms with van der Waals surface area (Å²) in [7, 11) is 1.85. The third-order valence-electron chi connectivity index (χ3n) is 4.50. The van der Waals surface area contributed by atoms with Crippen molar-refractivity contribution in [2.45, 2.75) is 31.9 Å². The van der Waals surface area contributed by atoms with Gasteiger partial charge in [0.05, 0.1) is 0 Å². The van der Waals surface area contributed by atoms with Crippen molar-refractivity contribution < 1.29 is 18.0 Å². The first kappa shape index (κ1) is 16.5. The SMILES string of the molecule is CN(CC1CCN(c2nc(C(F)(F)F)cs2)CC1)C(=O)C1CC1. The number of hydrogen-bond donors (Lipinski definition) is 0. The number of thiazole rings is 1. The van der Waals surface area contributed by atoms with Gasteiger partial charge in [-0.3, -0.25) is 4.79 Å². The fourth-order valence-electron chi connectivity index (χ4n) is 2.97. The normalized spacial score (nSPS) is 19.9. The fourth-order valence-corrected chi connectivity index (χ4v) is 3.85. The first-order valence-corrected chi connectivity index (χ1v) is 8.75. The Balaban J connectivity index is 1.50. The summed E-state index contributed by atoms with van der Waals surface area (Å²) in [5, 5.41) is 1.52. The fraction of sp³-hybridized carbons (Fsp3) is 0.733. The Labute approximate surface area is 137 Å². The minimum Gasteiger partial charge on any atom is -0.348 e. The average molecular weight is 347 g/mol. The Bertz CT molecular complexity index is 563. The molecule has 8 heteroatoms. The van der Waals surface area contributed by atoms with E-state index in [1.807, 2.05) is 16.8 Å². The second-order valence-corrected chi connectivity index (χ2v) is 7.27. The summed E-state index contributed by atoms with van der Waals surface area (Å²) in [6, 6.07) is 0. The Morgan fingerprint density at radius 1 is 1.35 bits per heavy atom. The second-order valence-electron chi connectivity index (χ2n) is 6.44. The molecule has 4 nitrogen and oxygen atoms in total. The number of anilines is 1. The summed E-state index contributed by atoms with van der Waals surface area (Å²) in [6.45, 7) is 2.14. The number of carbonyl (C=O) groups is 1. The van der Waals surface area contributed by atoms with Crippen molar-refractivity contribution in [1.29, 1.82) is 0 Å². The molecule has 1 saturated carbocycles. The lowest BCUT2D eigenvalue weighted by atomic mass is 9.96. The number of aromatic nitrogens is 1. The average Bonchev–Trinajstić information content (AvgIpc) is 3.22. The van der Waals surface area contributed by atoms with Crippen LogP contribution in [0.15, 0.2) is 5.38 Å². The van der Waals surface area contributed by atoms with Gasteiger partial charge in [-0.15, -0.1) is 11.3 Å². The summed E-state index contributed by atoms with van der Waals surface area (Å²) < 4.78 is 37.8. The Hall–Kier alpha value is -1.31. The van der Waals surface area contributed by atoms with Gasteiger partial charge in [0.2, 0.25) is 5.91 Å². The monoisotopic (exact) mass is 347 g/mol. The summed E-state index contributed by atoms with van der Waals surface area (Å²) in [4.78, 5) is 19.4. The van der Waals surface area contributed by atoms with E-state index in [-0.39, 0.29) is 11.8 Å². The molecular formula is C15H20F3N3OS. The number of piperidine rings is 1. The molecule has 0 unspecified atom stereocenters. The molecule has 1 amide bonds. The van der Waals surface area contributed by atoms with Gasteiger partial charge >= 0.3 is 6.18 Å². The molecule has 1 aromatic rings. The third kappa shape index (κ3) is 3.97. The van der Waals surface area contributed by atoms with Crippen LogP contribution in [-0.2, 0) is 11.0 Å². The lowest BCUT2D eigenvalue weighted by Gasteiger charge is -2.33. The minimum absolute atomic E-state index is 0.233. The molecule has 0 atom stereocenters. The van der Waals surface area contributed by atoms with Crippen LogP contribution in [0.3, 0.4) is 0 Å². The number of rotatable bonds is 4. The number of nitrogens with zero attached hydrogens (tertiary/aromatic N) is 3. The van der Waals surface area contributed by atoms with Gasteiger partial charge in [0.15, 0.2) is 10.8 Å². The van der Waals surface area contributed by atoms with Gasteiger partial charge in [0.25, 0.3) is 0 Å².